The van der Waals surface area contributed by atoms with Crippen LogP contribution in [0.2, 0.25) is 5.02 Å². The van der Waals surface area contributed by atoms with Gasteiger partial charge in [0.15, 0.2) is 0 Å². The van der Waals surface area contributed by atoms with E-state index in [1.54, 1.807) is 29.2 Å². The number of nitrogens with one attached hydrogen (secondary N) is 1. The molecule has 1 aromatic heterocycles. The first-order valence-corrected chi connectivity index (χ1v) is 9.89. The smallest absolute Gasteiger partial charge is 0.257 e. The molecule has 0 unspecified atom stereocenters. The number of carbonyl (C=O) groups excluding carboxylic acids is 1. The summed E-state index contributed by atoms with van der Waals surface area (Å²) in [4.78, 5) is 14.1. The number of hydrogen-bond acceptors (Lipinski definition) is 4. The van der Waals surface area contributed by atoms with Crippen LogP contribution in [0.1, 0.15) is 23.2 Å². The molecule has 1 saturated heterocycles. The van der Waals surface area contributed by atoms with Gasteiger partial charge < -0.3 is 9.32 Å². The number of hydrogen-bond donors (Lipinski definition) is 1. The summed E-state index contributed by atoms with van der Waals surface area (Å²) in [6.07, 6.45) is 4.40. The number of likely N-dealkylation sites (tertiary alicyclic amines) is 1. The van der Waals surface area contributed by atoms with Gasteiger partial charge in [-0.15, -0.1) is 0 Å². The monoisotopic (exact) mass is 382 g/mol. The first kappa shape index (κ1) is 18.0. The fraction of sp³-hybridized carbons (Fsp3) is 0.353. The highest BCUT2D eigenvalue weighted by atomic mass is 35.5. The van der Waals surface area contributed by atoms with Gasteiger partial charge in [-0.25, -0.2) is 13.1 Å². The van der Waals surface area contributed by atoms with Crippen molar-refractivity contribution in [3.05, 3.63) is 53.4 Å². The van der Waals surface area contributed by atoms with Gasteiger partial charge in [0.05, 0.1) is 16.8 Å². The summed E-state index contributed by atoms with van der Waals surface area (Å²) in [6, 6.07) is 8.01. The molecule has 1 aromatic carbocycles. The first-order chi connectivity index (χ1) is 12.0. The Hall–Kier alpha value is -1.83. The highest BCUT2D eigenvalue weighted by Crippen LogP contribution is 2.22. The maximum atomic E-state index is 12.4. The Balaban J connectivity index is 1.53. The molecule has 6 nitrogen and oxygen atoms in total. The van der Waals surface area contributed by atoms with Crippen LogP contribution in [0.3, 0.4) is 0 Å². The lowest BCUT2D eigenvalue weighted by atomic mass is 9.97. The average Bonchev–Trinajstić information content (AvgIpc) is 3.15. The summed E-state index contributed by atoms with van der Waals surface area (Å²) in [5, 5.41) is 0.204. The highest BCUT2D eigenvalue weighted by molar-refractivity contribution is 7.89. The van der Waals surface area contributed by atoms with E-state index in [0.717, 1.165) is 12.8 Å². The third kappa shape index (κ3) is 4.23. The van der Waals surface area contributed by atoms with Crippen LogP contribution in [-0.4, -0.2) is 38.9 Å². The Kier molecular flexibility index (Phi) is 5.46. The van der Waals surface area contributed by atoms with Gasteiger partial charge in [0.2, 0.25) is 10.0 Å². The van der Waals surface area contributed by atoms with E-state index in [2.05, 4.69) is 4.72 Å². The lowest BCUT2D eigenvalue weighted by Crippen LogP contribution is -2.41. The Morgan fingerprint density at radius 3 is 2.60 bits per heavy atom. The largest absolute Gasteiger partial charge is 0.472 e. The number of carbonyl (C=O) groups is 1. The Labute approximate surface area is 151 Å². The molecule has 1 N–H and O–H groups in total. The zero-order valence-electron chi connectivity index (χ0n) is 13.5. The molecule has 1 fully saturated rings. The molecule has 2 aromatic rings. The molecular weight excluding hydrogens is 364 g/mol. The molecule has 1 amide bonds. The number of nitrogens with zero attached hydrogens (tertiary/aromatic N) is 1. The molecule has 1 aliphatic rings. The summed E-state index contributed by atoms with van der Waals surface area (Å²) in [6.45, 7) is 1.53. The predicted octanol–water partition coefficient (Wildman–Crippen LogP) is 2.76. The number of sulfonamides is 1. The summed E-state index contributed by atoms with van der Waals surface area (Å²) in [5.41, 5.74) is 0.540. The maximum Gasteiger partial charge on any atom is 0.257 e. The van der Waals surface area contributed by atoms with E-state index in [-0.39, 0.29) is 21.7 Å². The molecule has 8 heteroatoms. The minimum Gasteiger partial charge on any atom is -0.472 e. The van der Waals surface area contributed by atoms with Crippen molar-refractivity contribution >= 4 is 27.5 Å². The fourth-order valence-corrected chi connectivity index (χ4v) is 4.51. The van der Waals surface area contributed by atoms with Gasteiger partial charge in [0, 0.05) is 19.6 Å². The quantitative estimate of drug-likeness (QED) is 0.862. The van der Waals surface area contributed by atoms with E-state index in [0.29, 0.717) is 25.2 Å². The Bertz CT molecular complexity index is 828. The Morgan fingerprint density at radius 2 is 1.96 bits per heavy atom. The van der Waals surface area contributed by atoms with Crippen molar-refractivity contribution in [3.8, 4) is 0 Å². The van der Waals surface area contributed by atoms with Crippen LogP contribution in [0.15, 0.2) is 52.2 Å². The van der Waals surface area contributed by atoms with Gasteiger partial charge in [-0.3, -0.25) is 4.79 Å². The molecule has 0 aliphatic carbocycles. The number of amides is 1. The van der Waals surface area contributed by atoms with Crippen LogP contribution >= 0.6 is 11.6 Å². The molecule has 0 bridgehead atoms. The van der Waals surface area contributed by atoms with E-state index in [4.69, 9.17) is 16.0 Å². The van der Waals surface area contributed by atoms with Crippen LogP contribution in [0.25, 0.3) is 0 Å². The van der Waals surface area contributed by atoms with Crippen molar-refractivity contribution in [2.75, 3.05) is 19.6 Å². The van der Waals surface area contributed by atoms with Crippen LogP contribution in [0.5, 0.6) is 0 Å². The van der Waals surface area contributed by atoms with Crippen molar-refractivity contribution in [1.82, 2.24) is 9.62 Å². The number of rotatable bonds is 5. The second kappa shape index (κ2) is 7.59. The van der Waals surface area contributed by atoms with Crippen molar-refractivity contribution in [3.63, 3.8) is 0 Å². The van der Waals surface area contributed by atoms with E-state index < -0.39 is 10.0 Å². The molecule has 25 heavy (non-hydrogen) atoms. The van der Waals surface area contributed by atoms with Crippen molar-refractivity contribution < 1.29 is 17.6 Å². The second-order valence-corrected chi connectivity index (χ2v) is 8.17. The minimum absolute atomic E-state index is 0.0520. The van der Waals surface area contributed by atoms with Crippen LogP contribution in [-0.2, 0) is 10.0 Å². The van der Waals surface area contributed by atoms with Crippen molar-refractivity contribution in [1.29, 1.82) is 0 Å². The zero-order valence-corrected chi connectivity index (χ0v) is 15.1. The van der Waals surface area contributed by atoms with E-state index in [9.17, 15) is 13.2 Å². The number of benzene rings is 1. The van der Waals surface area contributed by atoms with Crippen molar-refractivity contribution in [2.24, 2.45) is 5.92 Å². The van der Waals surface area contributed by atoms with Gasteiger partial charge in [0.1, 0.15) is 11.2 Å². The van der Waals surface area contributed by atoms with Gasteiger partial charge in [-0.1, -0.05) is 23.7 Å². The van der Waals surface area contributed by atoms with Crippen LogP contribution < -0.4 is 4.72 Å². The molecular formula is C17H19ClN2O4S. The summed E-state index contributed by atoms with van der Waals surface area (Å²) < 4.78 is 32.3. The molecule has 1 aliphatic heterocycles. The number of halogens is 1. The first-order valence-electron chi connectivity index (χ1n) is 8.03. The fourth-order valence-electron chi connectivity index (χ4n) is 2.88. The van der Waals surface area contributed by atoms with Crippen molar-refractivity contribution in [2.45, 2.75) is 17.7 Å². The van der Waals surface area contributed by atoms with Gasteiger partial charge in [-0.2, -0.15) is 0 Å². The standard InChI is InChI=1S/C17H19ClN2O4S/c18-15-3-1-2-4-16(15)25(22,23)19-11-13-5-8-20(9-6-13)17(21)14-7-10-24-12-14/h1-4,7,10,12-13,19H,5-6,8-9,11H2. The van der Waals surface area contributed by atoms with Crippen LogP contribution in [0, 0.1) is 5.92 Å². The molecule has 0 spiro atoms. The van der Waals surface area contributed by atoms with E-state index in [1.807, 2.05) is 0 Å². The molecule has 0 atom stereocenters. The number of furan rings is 1. The predicted molar refractivity (Wildman–Crippen MR) is 94.0 cm³/mol. The minimum atomic E-state index is -3.63. The molecule has 2 heterocycles. The lowest BCUT2D eigenvalue weighted by Gasteiger charge is -2.31. The van der Waals surface area contributed by atoms with Crippen LogP contribution in [0.4, 0.5) is 0 Å². The van der Waals surface area contributed by atoms with E-state index >= 15 is 0 Å². The molecule has 0 radical (unpaired) electrons. The Morgan fingerprint density at radius 1 is 1.24 bits per heavy atom. The normalized spacial score (nSPS) is 16.1. The summed E-state index contributed by atoms with van der Waals surface area (Å²) >= 11 is 5.96. The topological polar surface area (TPSA) is 79.6 Å². The third-order valence-electron chi connectivity index (χ3n) is 4.36. The molecule has 134 valence electrons. The highest BCUT2D eigenvalue weighted by Gasteiger charge is 2.26. The summed E-state index contributed by atoms with van der Waals surface area (Å²) in [7, 11) is -3.63. The van der Waals surface area contributed by atoms with E-state index in [1.165, 1.54) is 18.6 Å². The molecule has 0 saturated carbocycles. The zero-order chi connectivity index (χ0) is 17.9. The number of piperidine rings is 1. The van der Waals surface area contributed by atoms with Gasteiger partial charge in [-0.05, 0) is 37.0 Å². The van der Waals surface area contributed by atoms with Gasteiger partial charge in [0.25, 0.3) is 5.91 Å². The lowest BCUT2D eigenvalue weighted by molar-refractivity contribution is 0.0691. The molecule has 3 rings (SSSR count). The third-order valence-corrected chi connectivity index (χ3v) is 6.28. The summed E-state index contributed by atoms with van der Waals surface area (Å²) in [5.74, 6) is 0.134. The average molecular weight is 383 g/mol. The SMILES string of the molecule is O=C(c1ccoc1)N1CCC(CNS(=O)(=O)c2ccccc2Cl)CC1. The van der Waals surface area contributed by atoms with Gasteiger partial charge >= 0.3 is 0 Å². The second-order valence-electron chi connectivity index (χ2n) is 6.03. The maximum absolute atomic E-state index is 12.4.